The van der Waals surface area contributed by atoms with Gasteiger partial charge >= 0.3 is 5.97 Å². The van der Waals surface area contributed by atoms with Gasteiger partial charge in [0.25, 0.3) is 0 Å². The van der Waals surface area contributed by atoms with E-state index in [4.69, 9.17) is 4.74 Å². The molecule has 0 saturated carbocycles. The Bertz CT molecular complexity index is 742. The number of hydrogen-bond donors (Lipinski definition) is 1. The van der Waals surface area contributed by atoms with Gasteiger partial charge in [0.1, 0.15) is 5.75 Å². The molecule has 2 aromatic rings. The minimum Gasteiger partial charge on any atom is -0.494 e. The van der Waals surface area contributed by atoms with Crippen LogP contribution in [0.15, 0.2) is 48.5 Å². The molecular weight excluding hydrogens is 344 g/mol. The highest BCUT2D eigenvalue weighted by Crippen LogP contribution is 2.13. The fourth-order valence-electron chi connectivity index (χ4n) is 2.60. The number of methoxy groups -OCH3 is 1. The molecule has 1 amide bonds. The Morgan fingerprint density at radius 1 is 1.00 bits per heavy atom. The van der Waals surface area contributed by atoms with E-state index >= 15 is 0 Å². The van der Waals surface area contributed by atoms with E-state index < -0.39 is 0 Å². The second-order valence-corrected chi connectivity index (χ2v) is 6.21. The van der Waals surface area contributed by atoms with E-state index in [9.17, 15) is 9.59 Å². The van der Waals surface area contributed by atoms with Crippen LogP contribution in [-0.2, 0) is 22.6 Å². The smallest absolute Gasteiger partial charge is 0.337 e. The largest absolute Gasteiger partial charge is 0.494 e. The average Bonchev–Trinajstić information content (AvgIpc) is 2.68. The number of likely N-dealkylation sites (N-methyl/N-ethyl adjacent to an activating group) is 1. The van der Waals surface area contributed by atoms with Gasteiger partial charge in [0, 0.05) is 13.1 Å². The molecule has 0 aliphatic carbocycles. The molecule has 0 saturated heterocycles. The summed E-state index contributed by atoms with van der Waals surface area (Å²) >= 11 is 0. The summed E-state index contributed by atoms with van der Waals surface area (Å²) in [4.78, 5) is 25.5. The van der Waals surface area contributed by atoms with Crippen molar-refractivity contribution in [3.8, 4) is 5.75 Å². The van der Waals surface area contributed by atoms with Crippen molar-refractivity contribution in [2.45, 2.75) is 20.0 Å². The zero-order valence-electron chi connectivity index (χ0n) is 16.0. The van der Waals surface area contributed by atoms with E-state index in [-0.39, 0.29) is 11.9 Å². The molecule has 2 aromatic carbocycles. The van der Waals surface area contributed by atoms with Crippen molar-refractivity contribution in [2.75, 3.05) is 27.3 Å². The van der Waals surface area contributed by atoms with Crippen molar-refractivity contribution < 1.29 is 19.1 Å². The third kappa shape index (κ3) is 6.75. The Balaban J connectivity index is 1.76. The van der Waals surface area contributed by atoms with E-state index in [1.165, 1.54) is 7.11 Å². The van der Waals surface area contributed by atoms with E-state index in [0.717, 1.165) is 16.9 Å². The van der Waals surface area contributed by atoms with E-state index in [0.29, 0.717) is 31.8 Å². The van der Waals surface area contributed by atoms with Gasteiger partial charge in [-0.15, -0.1) is 0 Å². The van der Waals surface area contributed by atoms with Gasteiger partial charge in [-0.05, 0) is 49.4 Å². The highest BCUT2D eigenvalue weighted by Gasteiger charge is 2.08. The minimum absolute atomic E-state index is 0.0551. The zero-order chi connectivity index (χ0) is 19.6. The van der Waals surface area contributed by atoms with Gasteiger partial charge in [-0.25, -0.2) is 4.79 Å². The average molecular weight is 370 g/mol. The van der Waals surface area contributed by atoms with Crippen molar-refractivity contribution in [1.29, 1.82) is 0 Å². The Morgan fingerprint density at radius 2 is 1.63 bits per heavy atom. The Morgan fingerprint density at radius 3 is 2.22 bits per heavy atom. The molecule has 144 valence electrons. The molecule has 0 radical (unpaired) electrons. The lowest BCUT2D eigenvalue weighted by atomic mass is 10.1. The molecule has 6 nitrogen and oxygen atoms in total. The van der Waals surface area contributed by atoms with Gasteiger partial charge in [-0.2, -0.15) is 0 Å². The predicted octanol–water partition coefficient (Wildman–Crippen LogP) is 2.62. The summed E-state index contributed by atoms with van der Waals surface area (Å²) < 4.78 is 10.1. The number of amides is 1. The Labute approximate surface area is 160 Å². The molecule has 0 bridgehead atoms. The van der Waals surface area contributed by atoms with Gasteiger partial charge in [0.2, 0.25) is 5.91 Å². The maximum atomic E-state index is 12.1. The number of carbonyl (C=O) groups is 2. The Hall–Kier alpha value is -2.86. The lowest BCUT2D eigenvalue weighted by Gasteiger charge is -2.16. The van der Waals surface area contributed by atoms with Crippen LogP contribution in [0.2, 0.25) is 0 Å². The summed E-state index contributed by atoms with van der Waals surface area (Å²) in [5.41, 5.74) is 2.53. The van der Waals surface area contributed by atoms with Gasteiger partial charge < -0.3 is 14.8 Å². The molecule has 0 fully saturated rings. The molecule has 0 heterocycles. The number of ether oxygens (including phenoxy) is 2. The number of benzene rings is 2. The van der Waals surface area contributed by atoms with Gasteiger partial charge in [0.05, 0.1) is 25.8 Å². The maximum Gasteiger partial charge on any atom is 0.337 e. The first-order valence-corrected chi connectivity index (χ1v) is 8.86. The normalized spacial score (nSPS) is 10.5. The van der Waals surface area contributed by atoms with Crippen molar-refractivity contribution in [3.63, 3.8) is 0 Å². The predicted molar refractivity (Wildman–Crippen MR) is 104 cm³/mol. The first-order chi connectivity index (χ1) is 13.0. The molecule has 0 aliphatic rings. The van der Waals surface area contributed by atoms with Gasteiger partial charge in [0.15, 0.2) is 0 Å². The van der Waals surface area contributed by atoms with Crippen LogP contribution in [0.4, 0.5) is 0 Å². The first-order valence-electron chi connectivity index (χ1n) is 8.86. The van der Waals surface area contributed by atoms with Crippen LogP contribution in [0.1, 0.15) is 28.4 Å². The number of esters is 1. The second kappa shape index (κ2) is 10.3. The van der Waals surface area contributed by atoms with E-state index in [2.05, 4.69) is 10.1 Å². The summed E-state index contributed by atoms with van der Waals surface area (Å²) in [5, 5.41) is 2.89. The maximum absolute atomic E-state index is 12.1. The van der Waals surface area contributed by atoms with E-state index in [1.807, 2.05) is 43.1 Å². The highest BCUT2D eigenvalue weighted by atomic mass is 16.5. The number of nitrogens with one attached hydrogen (secondary N) is 1. The summed E-state index contributed by atoms with van der Waals surface area (Å²) in [5.74, 6) is 0.418. The minimum atomic E-state index is -0.374. The van der Waals surface area contributed by atoms with Crippen LogP contribution in [0.5, 0.6) is 5.75 Å². The topological polar surface area (TPSA) is 67.9 Å². The van der Waals surface area contributed by atoms with Gasteiger partial charge in [-0.1, -0.05) is 24.3 Å². The molecule has 27 heavy (non-hydrogen) atoms. The molecule has 2 rings (SSSR count). The summed E-state index contributed by atoms with van der Waals surface area (Å²) in [6, 6.07) is 14.9. The van der Waals surface area contributed by atoms with Gasteiger partial charge in [-0.3, -0.25) is 9.69 Å². The van der Waals surface area contributed by atoms with Crippen LogP contribution in [0.3, 0.4) is 0 Å². The summed E-state index contributed by atoms with van der Waals surface area (Å²) in [6.45, 7) is 3.98. The van der Waals surface area contributed by atoms with Crippen molar-refractivity contribution >= 4 is 11.9 Å². The molecule has 0 aliphatic heterocycles. The van der Waals surface area contributed by atoms with Crippen molar-refractivity contribution in [3.05, 3.63) is 65.2 Å². The molecule has 1 N–H and O–H groups in total. The molecule has 0 spiro atoms. The third-order valence-corrected chi connectivity index (χ3v) is 3.97. The second-order valence-electron chi connectivity index (χ2n) is 6.21. The number of carbonyl (C=O) groups excluding carboxylic acids is 2. The third-order valence-electron chi connectivity index (χ3n) is 3.97. The standard InChI is InChI=1S/C21H26N2O4/c1-4-27-19-11-7-17(8-12-19)14-23(2)15-20(24)22-13-16-5-9-18(10-6-16)21(25)26-3/h5-12H,4,13-15H2,1-3H3,(H,22,24). The molecule has 0 unspecified atom stereocenters. The monoisotopic (exact) mass is 370 g/mol. The van der Waals surface area contributed by atoms with Crippen molar-refractivity contribution in [1.82, 2.24) is 10.2 Å². The number of hydrogen-bond acceptors (Lipinski definition) is 5. The fourth-order valence-corrected chi connectivity index (χ4v) is 2.60. The lowest BCUT2D eigenvalue weighted by Crippen LogP contribution is -2.34. The Kier molecular flexibility index (Phi) is 7.82. The first kappa shape index (κ1) is 20.5. The van der Waals surface area contributed by atoms with Crippen LogP contribution >= 0.6 is 0 Å². The molecule has 6 heteroatoms. The molecule has 0 atom stereocenters. The lowest BCUT2D eigenvalue weighted by molar-refractivity contribution is -0.122. The van der Waals surface area contributed by atoms with E-state index in [1.54, 1.807) is 24.3 Å². The molecular formula is C21H26N2O4. The van der Waals surface area contributed by atoms with Crippen molar-refractivity contribution in [2.24, 2.45) is 0 Å². The van der Waals surface area contributed by atoms with Crippen LogP contribution in [0, 0.1) is 0 Å². The fraction of sp³-hybridized carbons (Fsp3) is 0.333. The SMILES string of the molecule is CCOc1ccc(CN(C)CC(=O)NCc2ccc(C(=O)OC)cc2)cc1. The van der Waals surface area contributed by atoms with Crippen LogP contribution in [-0.4, -0.2) is 44.1 Å². The summed E-state index contributed by atoms with van der Waals surface area (Å²) in [6.07, 6.45) is 0. The van der Waals surface area contributed by atoms with Crippen LogP contribution < -0.4 is 10.1 Å². The van der Waals surface area contributed by atoms with Crippen LogP contribution in [0.25, 0.3) is 0 Å². The highest BCUT2D eigenvalue weighted by molar-refractivity contribution is 5.89. The quantitative estimate of drug-likeness (QED) is 0.687. The summed E-state index contributed by atoms with van der Waals surface area (Å²) in [7, 11) is 3.25. The number of nitrogens with zero attached hydrogens (tertiary/aromatic N) is 1. The molecule has 0 aromatic heterocycles. The number of rotatable bonds is 9. The zero-order valence-corrected chi connectivity index (χ0v) is 16.0.